The van der Waals surface area contributed by atoms with Gasteiger partial charge in [-0.2, -0.15) is 0 Å². The Hall–Kier alpha value is -1.38. The van der Waals surface area contributed by atoms with Crippen LogP contribution in [0.4, 0.5) is 5.69 Å². The van der Waals surface area contributed by atoms with Crippen LogP contribution in [-0.4, -0.2) is 18.9 Å². The van der Waals surface area contributed by atoms with Crippen LogP contribution < -0.4 is 5.32 Å². The van der Waals surface area contributed by atoms with Crippen molar-refractivity contribution < 1.29 is 4.79 Å². The van der Waals surface area contributed by atoms with Crippen LogP contribution >= 0.6 is 0 Å². The van der Waals surface area contributed by atoms with E-state index in [1.807, 2.05) is 18.2 Å². The van der Waals surface area contributed by atoms with E-state index in [0.29, 0.717) is 11.4 Å². The first kappa shape index (κ1) is 9.19. The summed E-state index contributed by atoms with van der Waals surface area (Å²) in [6.45, 7) is 4.27. The average Bonchev–Trinajstić information content (AvgIpc) is 2.43. The maximum atomic E-state index is 11.3. The third-order valence-electron chi connectivity index (χ3n) is 2.56. The van der Waals surface area contributed by atoms with Gasteiger partial charge in [0.2, 0.25) is 0 Å². The number of benzene rings is 1. The summed E-state index contributed by atoms with van der Waals surface area (Å²) in [4.78, 5) is 11.3. The van der Waals surface area contributed by atoms with E-state index in [0.717, 1.165) is 11.3 Å². The van der Waals surface area contributed by atoms with E-state index >= 15 is 0 Å². The molecule has 14 heavy (non-hydrogen) atoms. The van der Waals surface area contributed by atoms with Gasteiger partial charge in [-0.15, -0.1) is 0 Å². The third-order valence-corrected chi connectivity index (χ3v) is 2.56. The first-order chi connectivity index (χ1) is 6.59. The molecule has 1 heterocycles. The molecule has 2 rings (SSSR count). The third kappa shape index (κ3) is 1.29. The van der Waals surface area contributed by atoms with Crippen molar-refractivity contribution >= 4 is 24.5 Å². The molecular weight excluding hydrogens is 173 g/mol. The molecule has 0 unspecified atom stereocenters. The normalized spacial score (nSPS) is 14.4. The van der Waals surface area contributed by atoms with Crippen LogP contribution in [0.15, 0.2) is 18.2 Å². The number of anilines is 1. The zero-order valence-electron chi connectivity index (χ0n) is 8.42. The van der Waals surface area contributed by atoms with Gasteiger partial charge in [-0.3, -0.25) is 0 Å². The number of fused-ring (bicyclic) bond motifs is 1. The minimum atomic E-state index is -0.0825. The molecule has 0 radical (unpaired) electrons. The quantitative estimate of drug-likeness (QED) is 0.654. The monoisotopic (exact) mass is 185 g/mol. The number of hydrogen-bond donors (Lipinski definition) is 1. The van der Waals surface area contributed by atoms with Crippen LogP contribution in [0.3, 0.4) is 0 Å². The summed E-state index contributed by atoms with van der Waals surface area (Å²) in [7, 11) is 3.76. The van der Waals surface area contributed by atoms with Gasteiger partial charge in [-0.05, 0) is 0 Å². The Balaban J connectivity index is 2.51. The van der Waals surface area contributed by atoms with Crippen LogP contribution in [0.25, 0.3) is 0 Å². The first-order valence-electron chi connectivity index (χ1n) is 4.74. The summed E-state index contributed by atoms with van der Waals surface area (Å²) in [6.07, 6.45) is 0. The molecule has 3 heteroatoms. The second-order valence-corrected chi connectivity index (χ2v) is 3.89. The van der Waals surface area contributed by atoms with Gasteiger partial charge in [0.1, 0.15) is 0 Å². The Morgan fingerprint density at radius 2 is 2.07 bits per heavy atom. The second-order valence-electron chi connectivity index (χ2n) is 3.89. The van der Waals surface area contributed by atoms with E-state index in [2.05, 4.69) is 26.7 Å². The molecule has 1 amide bonds. The molecule has 2 nitrogen and oxygen atoms in total. The van der Waals surface area contributed by atoms with Crippen LogP contribution in [-0.2, 0) is 4.79 Å². The predicted molar refractivity (Wildman–Crippen MR) is 60.4 cm³/mol. The van der Waals surface area contributed by atoms with Crippen molar-refractivity contribution in [2.24, 2.45) is 0 Å². The van der Waals surface area contributed by atoms with Crippen LogP contribution in [0.2, 0.25) is 0 Å². The van der Waals surface area contributed by atoms with E-state index in [9.17, 15) is 4.79 Å². The van der Waals surface area contributed by atoms with Gasteiger partial charge >= 0.3 is 83.7 Å². The fraction of sp³-hybridized carbons (Fsp3) is 0.273. The molecule has 0 fully saturated rings. The zero-order valence-corrected chi connectivity index (χ0v) is 8.42. The zero-order chi connectivity index (χ0) is 10.3. The first-order valence-corrected chi connectivity index (χ1v) is 4.74. The fourth-order valence-corrected chi connectivity index (χ4v) is 1.60. The Morgan fingerprint density at radius 1 is 1.36 bits per heavy atom. The van der Waals surface area contributed by atoms with Crippen molar-refractivity contribution in [1.82, 2.24) is 0 Å². The van der Waals surface area contributed by atoms with Crippen molar-refractivity contribution in [3.63, 3.8) is 0 Å². The minimum absolute atomic E-state index is 0.0825. The SMILES string of the molecule is B=C1C(=O)Nc2ccc(C(C)C)cc21. The number of rotatable bonds is 1. The standard InChI is InChI=1S/C11H12BNO/c1-6(2)7-3-4-9-8(5-7)10(12)11(14)13-9/h3-6,12H,1-2H3,(H,13,14). The topological polar surface area (TPSA) is 29.1 Å². The number of carbonyl (C=O) groups is 1. The molecule has 1 aliphatic heterocycles. The summed E-state index contributed by atoms with van der Waals surface area (Å²) in [5.41, 5.74) is 3.63. The van der Waals surface area contributed by atoms with Crippen molar-refractivity contribution in [3.05, 3.63) is 29.3 Å². The molecule has 0 aromatic heterocycles. The Bertz CT molecular complexity index is 423. The van der Waals surface area contributed by atoms with E-state index < -0.39 is 0 Å². The molecule has 0 bridgehead atoms. The molecule has 0 saturated heterocycles. The maximum absolute atomic E-state index is 11.3. The molecular formula is C11H12BNO. The molecule has 0 atom stereocenters. The predicted octanol–water partition coefficient (Wildman–Crippen LogP) is 1.18. The number of amides is 1. The van der Waals surface area contributed by atoms with E-state index in [4.69, 9.17) is 0 Å². The molecule has 1 N–H and O–H groups in total. The van der Waals surface area contributed by atoms with Crippen LogP contribution in [0.5, 0.6) is 0 Å². The summed E-state index contributed by atoms with van der Waals surface area (Å²) in [5, 5.41) is 2.77. The molecule has 1 aliphatic rings. The fourth-order valence-electron chi connectivity index (χ4n) is 1.60. The summed E-state index contributed by atoms with van der Waals surface area (Å²) in [6, 6.07) is 6.03. The van der Waals surface area contributed by atoms with Gasteiger partial charge in [0, 0.05) is 0 Å². The molecule has 1 aromatic rings. The van der Waals surface area contributed by atoms with E-state index in [-0.39, 0.29) is 5.91 Å². The summed E-state index contributed by atoms with van der Waals surface area (Å²) in [5.74, 6) is 0.393. The van der Waals surface area contributed by atoms with E-state index in [1.54, 1.807) is 0 Å². The average molecular weight is 185 g/mol. The Labute approximate surface area is 84.4 Å². The van der Waals surface area contributed by atoms with Crippen molar-refractivity contribution in [2.75, 3.05) is 5.32 Å². The molecule has 0 saturated carbocycles. The molecule has 1 aromatic carbocycles. The number of nitrogens with one attached hydrogen (secondary N) is 1. The van der Waals surface area contributed by atoms with Crippen LogP contribution in [0.1, 0.15) is 30.9 Å². The number of carbonyl (C=O) groups excluding carboxylic acids is 1. The molecule has 0 aliphatic carbocycles. The summed E-state index contributed by atoms with van der Waals surface area (Å²) >= 11 is 0. The van der Waals surface area contributed by atoms with Crippen molar-refractivity contribution in [1.29, 1.82) is 0 Å². The molecule has 70 valence electrons. The van der Waals surface area contributed by atoms with Gasteiger partial charge in [-0.1, -0.05) is 0 Å². The van der Waals surface area contributed by atoms with Crippen molar-refractivity contribution in [2.45, 2.75) is 19.8 Å². The van der Waals surface area contributed by atoms with Gasteiger partial charge < -0.3 is 0 Å². The van der Waals surface area contributed by atoms with Crippen molar-refractivity contribution in [3.8, 4) is 0 Å². The molecule has 0 spiro atoms. The van der Waals surface area contributed by atoms with Crippen LogP contribution in [0, 0.1) is 0 Å². The van der Waals surface area contributed by atoms with Gasteiger partial charge in [0.05, 0.1) is 0 Å². The number of hydrogen-bond acceptors (Lipinski definition) is 1. The summed E-state index contributed by atoms with van der Waals surface area (Å²) < 4.78 is 0. The van der Waals surface area contributed by atoms with E-state index in [1.165, 1.54) is 5.56 Å². The van der Waals surface area contributed by atoms with Gasteiger partial charge in [0.15, 0.2) is 0 Å². The second kappa shape index (κ2) is 3.09. The van der Waals surface area contributed by atoms with Gasteiger partial charge in [0.25, 0.3) is 0 Å². The Kier molecular flexibility index (Phi) is 2.03. The van der Waals surface area contributed by atoms with Gasteiger partial charge in [-0.25, -0.2) is 0 Å². The Morgan fingerprint density at radius 3 is 2.71 bits per heavy atom.